The molecule has 0 aromatic carbocycles. The number of hydrogen-bond donors (Lipinski definition) is 0. The molecular formula is C6H10NS2+. The van der Waals surface area contributed by atoms with Crippen molar-refractivity contribution < 1.29 is 4.58 Å². The van der Waals surface area contributed by atoms with Crippen LogP contribution in [0.3, 0.4) is 0 Å². The third kappa shape index (κ3) is 1.13. The molecule has 1 nitrogen and oxygen atoms in total. The van der Waals surface area contributed by atoms with Crippen LogP contribution in [0.1, 0.15) is 6.42 Å². The monoisotopic (exact) mass is 160 g/mol. The zero-order valence-corrected chi connectivity index (χ0v) is 6.93. The maximum atomic E-state index is 2.51. The maximum absolute atomic E-state index is 2.51. The van der Waals surface area contributed by atoms with E-state index in [0.29, 0.717) is 0 Å². The SMILES string of the molecule is C1CSC2=[N+](C1)CCS2. The first kappa shape index (κ1) is 6.10. The third-order valence-corrected chi connectivity index (χ3v) is 4.24. The molecule has 0 aromatic heterocycles. The van der Waals surface area contributed by atoms with Gasteiger partial charge >= 0.3 is 0 Å². The summed E-state index contributed by atoms with van der Waals surface area (Å²) < 4.78 is 4.10. The summed E-state index contributed by atoms with van der Waals surface area (Å²) in [7, 11) is 0. The molecule has 0 bridgehead atoms. The van der Waals surface area contributed by atoms with Gasteiger partial charge in [-0.1, -0.05) is 0 Å². The van der Waals surface area contributed by atoms with Crippen LogP contribution in [0.5, 0.6) is 0 Å². The molecular weight excluding hydrogens is 150 g/mol. The zero-order valence-electron chi connectivity index (χ0n) is 5.30. The van der Waals surface area contributed by atoms with Crippen LogP contribution in [0.15, 0.2) is 0 Å². The van der Waals surface area contributed by atoms with Gasteiger partial charge in [0.1, 0.15) is 6.54 Å². The fourth-order valence-electron chi connectivity index (χ4n) is 1.18. The first-order valence-electron chi connectivity index (χ1n) is 3.34. The molecule has 0 unspecified atom stereocenters. The van der Waals surface area contributed by atoms with Crippen molar-refractivity contribution in [3.05, 3.63) is 0 Å². The molecule has 0 saturated carbocycles. The minimum Gasteiger partial charge on any atom is -0.218 e. The number of thioether (sulfide) groups is 2. The van der Waals surface area contributed by atoms with Crippen molar-refractivity contribution in [3.8, 4) is 0 Å². The minimum atomic E-state index is 1.30. The van der Waals surface area contributed by atoms with Gasteiger partial charge in [0, 0.05) is 12.2 Å². The number of rotatable bonds is 0. The lowest BCUT2D eigenvalue weighted by Crippen LogP contribution is -2.19. The Kier molecular flexibility index (Phi) is 1.72. The summed E-state index contributed by atoms with van der Waals surface area (Å²) >= 11 is 4.07. The lowest BCUT2D eigenvalue weighted by Gasteiger charge is -2.05. The Hall–Kier alpha value is 0.370. The second kappa shape index (κ2) is 2.54. The van der Waals surface area contributed by atoms with E-state index in [1.54, 1.807) is 4.38 Å². The van der Waals surface area contributed by atoms with E-state index in [4.69, 9.17) is 0 Å². The van der Waals surface area contributed by atoms with Gasteiger partial charge in [0.25, 0.3) is 4.38 Å². The Morgan fingerprint density at radius 3 is 2.89 bits per heavy atom. The third-order valence-electron chi connectivity index (χ3n) is 1.64. The van der Waals surface area contributed by atoms with Crippen molar-refractivity contribution in [1.29, 1.82) is 0 Å². The second-order valence-electron chi connectivity index (χ2n) is 2.30. The summed E-state index contributed by atoms with van der Waals surface area (Å²) in [5.41, 5.74) is 0. The predicted octanol–water partition coefficient (Wildman–Crippen LogP) is 1.24. The summed E-state index contributed by atoms with van der Waals surface area (Å²) in [5, 5.41) is 0. The largest absolute Gasteiger partial charge is 0.270 e. The maximum Gasteiger partial charge on any atom is 0.270 e. The van der Waals surface area contributed by atoms with Crippen LogP contribution < -0.4 is 0 Å². The van der Waals surface area contributed by atoms with Gasteiger partial charge < -0.3 is 0 Å². The van der Waals surface area contributed by atoms with Gasteiger partial charge in [-0.2, -0.15) is 0 Å². The van der Waals surface area contributed by atoms with E-state index in [0.717, 1.165) is 0 Å². The molecule has 2 rings (SSSR count). The van der Waals surface area contributed by atoms with Crippen LogP contribution in [0.4, 0.5) is 0 Å². The van der Waals surface area contributed by atoms with Gasteiger partial charge in [0.05, 0.1) is 5.75 Å². The van der Waals surface area contributed by atoms with E-state index in [9.17, 15) is 0 Å². The molecule has 0 atom stereocenters. The Morgan fingerprint density at radius 1 is 1.11 bits per heavy atom. The van der Waals surface area contributed by atoms with Crippen LogP contribution in [0, 0.1) is 0 Å². The number of nitrogens with zero attached hydrogens (tertiary/aromatic N) is 1. The van der Waals surface area contributed by atoms with Crippen molar-refractivity contribution in [2.24, 2.45) is 0 Å². The predicted molar refractivity (Wildman–Crippen MR) is 44.5 cm³/mol. The van der Waals surface area contributed by atoms with Crippen molar-refractivity contribution in [2.45, 2.75) is 6.42 Å². The van der Waals surface area contributed by atoms with E-state index in [1.807, 2.05) is 23.5 Å². The Balaban J connectivity index is 2.17. The minimum absolute atomic E-state index is 1.30. The summed E-state index contributed by atoms with van der Waals surface area (Å²) in [4.78, 5) is 0. The topological polar surface area (TPSA) is 3.01 Å². The standard InChI is InChI=1S/C6H10NS2/c1-2-7-3-5-9-6(7)8-4-1/h1-5H2/q+1. The lowest BCUT2D eigenvalue weighted by molar-refractivity contribution is -0.516. The zero-order chi connectivity index (χ0) is 6.10. The van der Waals surface area contributed by atoms with Crippen molar-refractivity contribution in [3.63, 3.8) is 0 Å². The molecule has 0 aliphatic carbocycles. The normalized spacial score (nSPS) is 26.7. The highest BCUT2D eigenvalue weighted by Gasteiger charge is 2.26. The Labute approximate surface area is 63.9 Å². The molecule has 50 valence electrons. The second-order valence-corrected chi connectivity index (χ2v) is 4.73. The Morgan fingerprint density at radius 2 is 2.00 bits per heavy atom. The van der Waals surface area contributed by atoms with E-state index >= 15 is 0 Å². The summed E-state index contributed by atoms with van der Waals surface area (Å²) in [5.74, 6) is 2.67. The van der Waals surface area contributed by atoms with Crippen molar-refractivity contribution in [2.75, 3.05) is 24.6 Å². The van der Waals surface area contributed by atoms with Gasteiger partial charge in [0.15, 0.2) is 6.54 Å². The van der Waals surface area contributed by atoms with Crippen molar-refractivity contribution in [1.82, 2.24) is 0 Å². The molecule has 2 aliphatic heterocycles. The van der Waals surface area contributed by atoms with Gasteiger partial charge in [-0.15, -0.1) is 0 Å². The molecule has 2 heterocycles. The molecule has 0 spiro atoms. The average molecular weight is 160 g/mol. The van der Waals surface area contributed by atoms with Gasteiger partial charge in [-0.25, -0.2) is 4.58 Å². The fraction of sp³-hybridized carbons (Fsp3) is 0.833. The summed E-state index contributed by atoms with van der Waals surface area (Å²) in [6.07, 6.45) is 1.38. The highest BCUT2D eigenvalue weighted by molar-refractivity contribution is 8.38. The van der Waals surface area contributed by atoms with Crippen LogP contribution in [-0.4, -0.2) is 33.5 Å². The molecule has 0 fully saturated rings. The van der Waals surface area contributed by atoms with Gasteiger partial charge in [-0.3, -0.25) is 0 Å². The van der Waals surface area contributed by atoms with E-state index in [1.165, 1.54) is 31.0 Å². The molecule has 2 aliphatic rings. The molecule has 9 heavy (non-hydrogen) atoms. The lowest BCUT2D eigenvalue weighted by atomic mass is 10.4. The Bertz CT molecular complexity index is 137. The first-order valence-corrected chi connectivity index (χ1v) is 5.31. The van der Waals surface area contributed by atoms with E-state index in [-0.39, 0.29) is 0 Å². The van der Waals surface area contributed by atoms with Crippen LogP contribution in [0.2, 0.25) is 0 Å². The van der Waals surface area contributed by atoms with E-state index < -0.39 is 0 Å². The molecule has 0 amide bonds. The molecule has 3 heteroatoms. The summed E-state index contributed by atoms with van der Waals surface area (Å²) in [6.45, 7) is 2.61. The van der Waals surface area contributed by atoms with Gasteiger partial charge in [0.2, 0.25) is 0 Å². The molecule has 0 saturated heterocycles. The highest BCUT2D eigenvalue weighted by atomic mass is 32.2. The molecule has 0 radical (unpaired) electrons. The van der Waals surface area contributed by atoms with Crippen molar-refractivity contribution >= 4 is 27.9 Å². The first-order chi connectivity index (χ1) is 4.47. The fourth-order valence-corrected chi connectivity index (χ4v) is 3.67. The van der Waals surface area contributed by atoms with Crippen LogP contribution in [0.25, 0.3) is 0 Å². The molecule has 0 aromatic rings. The van der Waals surface area contributed by atoms with E-state index in [2.05, 4.69) is 4.58 Å². The average Bonchev–Trinajstić information content (AvgIpc) is 2.33. The summed E-state index contributed by atoms with van der Waals surface area (Å²) in [6, 6.07) is 0. The number of hydrogen-bond acceptors (Lipinski definition) is 2. The highest BCUT2D eigenvalue weighted by Crippen LogP contribution is 2.25. The van der Waals surface area contributed by atoms with Crippen LogP contribution in [-0.2, 0) is 0 Å². The molecule has 0 N–H and O–H groups in total. The quantitative estimate of drug-likeness (QED) is 0.490. The van der Waals surface area contributed by atoms with Crippen LogP contribution >= 0.6 is 23.5 Å². The van der Waals surface area contributed by atoms with Gasteiger partial charge in [-0.05, 0) is 23.5 Å². The smallest absolute Gasteiger partial charge is 0.218 e.